The lowest BCUT2D eigenvalue weighted by Crippen LogP contribution is -2.27. The smallest absolute Gasteiger partial charge is 0.253 e. The lowest BCUT2D eigenvalue weighted by atomic mass is 10.4. The standard InChI is InChI=1S/C13H17N5OS/c1-8-5-9(2)18-12(15-8)16-13(17-18)20-7-11(19)14-6-10-3-4-10/h5,10H,3-4,6-7H2,1-2H3,(H,14,19). The molecule has 0 unspecified atom stereocenters. The summed E-state index contributed by atoms with van der Waals surface area (Å²) < 4.78 is 1.71. The number of hydrogen-bond donors (Lipinski definition) is 1. The SMILES string of the molecule is Cc1cc(C)n2nc(SCC(=O)NCC3CC3)nc2n1. The molecule has 1 aliphatic carbocycles. The molecule has 0 saturated heterocycles. The lowest BCUT2D eigenvalue weighted by Gasteiger charge is -2.01. The predicted octanol–water partition coefficient (Wildman–Crippen LogP) is 1.36. The number of aryl methyl sites for hydroxylation is 2. The molecule has 0 spiro atoms. The second-order valence-corrected chi connectivity index (χ2v) is 6.12. The maximum absolute atomic E-state index is 11.7. The molecule has 0 aliphatic heterocycles. The fourth-order valence-electron chi connectivity index (χ4n) is 1.97. The first-order valence-electron chi connectivity index (χ1n) is 6.72. The number of carbonyl (C=O) groups is 1. The normalized spacial score (nSPS) is 14.7. The van der Waals surface area contributed by atoms with Crippen LogP contribution in [-0.2, 0) is 4.79 Å². The Balaban J connectivity index is 1.62. The van der Waals surface area contributed by atoms with Crippen molar-refractivity contribution in [3.63, 3.8) is 0 Å². The predicted molar refractivity (Wildman–Crippen MR) is 76.7 cm³/mol. The van der Waals surface area contributed by atoms with Crippen LogP contribution in [0.4, 0.5) is 0 Å². The van der Waals surface area contributed by atoms with Crippen molar-refractivity contribution in [1.82, 2.24) is 24.9 Å². The minimum atomic E-state index is 0.0432. The van der Waals surface area contributed by atoms with Gasteiger partial charge < -0.3 is 5.32 Å². The van der Waals surface area contributed by atoms with Gasteiger partial charge in [-0.05, 0) is 38.7 Å². The van der Waals surface area contributed by atoms with Crippen LogP contribution < -0.4 is 5.32 Å². The Hall–Kier alpha value is -1.63. The van der Waals surface area contributed by atoms with E-state index >= 15 is 0 Å². The molecule has 106 valence electrons. The number of thioether (sulfide) groups is 1. The highest BCUT2D eigenvalue weighted by Gasteiger charge is 2.21. The Morgan fingerprint density at radius 1 is 1.45 bits per heavy atom. The first-order valence-corrected chi connectivity index (χ1v) is 7.71. The molecule has 2 aromatic heterocycles. The third kappa shape index (κ3) is 3.09. The van der Waals surface area contributed by atoms with Crippen LogP contribution in [0, 0.1) is 19.8 Å². The van der Waals surface area contributed by atoms with Gasteiger partial charge in [-0.3, -0.25) is 4.79 Å². The molecule has 2 aromatic rings. The van der Waals surface area contributed by atoms with Crippen LogP contribution in [0.25, 0.3) is 5.78 Å². The van der Waals surface area contributed by atoms with Crippen molar-refractivity contribution in [3.8, 4) is 0 Å². The summed E-state index contributed by atoms with van der Waals surface area (Å²) in [7, 11) is 0. The Morgan fingerprint density at radius 2 is 2.25 bits per heavy atom. The fraction of sp³-hybridized carbons (Fsp3) is 0.538. The second-order valence-electron chi connectivity index (χ2n) is 5.18. The summed E-state index contributed by atoms with van der Waals surface area (Å²) in [4.78, 5) is 20.3. The quantitative estimate of drug-likeness (QED) is 0.842. The van der Waals surface area contributed by atoms with Crippen LogP contribution in [-0.4, -0.2) is 37.8 Å². The van der Waals surface area contributed by atoms with Gasteiger partial charge in [0.15, 0.2) is 0 Å². The van der Waals surface area contributed by atoms with E-state index in [9.17, 15) is 4.79 Å². The van der Waals surface area contributed by atoms with E-state index in [4.69, 9.17) is 0 Å². The van der Waals surface area contributed by atoms with Gasteiger partial charge in [0.1, 0.15) is 0 Å². The van der Waals surface area contributed by atoms with E-state index in [1.54, 1.807) is 4.52 Å². The van der Waals surface area contributed by atoms with Crippen LogP contribution in [0.3, 0.4) is 0 Å². The van der Waals surface area contributed by atoms with Crippen molar-refractivity contribution in [2.24, 2.45) is 5.92 Å². The van der Waals surface area contributed by atoms with Gasteiger partial charge in [0.05, 0.1) is 5.75 Å². The molecule has 0 atom stereocenters. The van der Waals surface area contributed by atoms with Crippen molar-refractivity contribution in [2.75, 3.05) is 12.3 Å². The average Bonchev–Trinajstić information content (AvgIpc) is 3.13. The zero-order valence-corrected chi connectivity index (χ0v) is 12.4. The van der Waals surface area contributed by atoms with Crippen LogP contribution in [0.15, 0.2) is 11.2 Å². The van der Waals surface area contributed by atoms with Gasteiger partial charge >= 0.3 is 0 Å². The molecule has 0 radical (unpaired) electrons. The Kier molecular flexibility index (Phi) is 3.60. The van der Waals surface area contributed by atoms with Crippen molar-refractivity contribution in [2.45, 2.75) is 31.8 Å². The number of aromatic nitrogens is 4. The van der Waals surface area contributed by atoms with Gasteiger partial charge in [0.2, 0.25) is 11.1 Å². The number of amides is 1. The summed E-state index contributed by atoms with van der Waals surface area (Å²) in [5, 5.41) is 7.88. The zero-order valence-electron chi connectivity index (χ0n) is 11.6. The Morgan fingerprint density at radius 3 is 3.00 bits per heavy atom. The van der Waals surface area contributed by atoms with Crippen molar-refractivity contribution in [3.05, 3.63) is 17.5 Å². The molecule has 1 saturated carbocycles. The monoisotopic (exact) mass is 291 g/mol. The third-order valence-electron chi connectivity index (χ3n) is 3.22. The van der Waals surface area contributed by atoms with Gasteiger partial charge in [-0.25, -0.2) is 9.50 Å². The highest BCUT2D eigenvalue weighted by atomic mass is 32.2. The van der Waals surface area contributed by atoms with Gasteiger partial charge in [-0.2, -0.15) is 4.98 Å². The Bertz CT molecular complexity index is 649. The largest absolute Gasteiger partial charge is 0.355 e. The average molecular weight is 291 g/mol. The molecule has 2 heterocycles. The molecular formula is C13H17N5OS. The number of carbonyl (C=O) groups excluding carboxylic acids is 1. The lowest BCUT2D eigenvalue weighted by molar-refractivity contribution is -0.118. The maximum Gasteiger partial charge on any atom is 0.253 e. The van der Waals surface area contributed by atoms with Crippen LogP contribution in [0.5, 0.6) is 0 Å². The summed E-state index contributed by atoms with van der Waals surface area (Å²) in [6.45, 7) is 4.70. The summed E-state index contributed by atoms with van der Waals surface area (Å²) in [6.07, 6.45) is 2.48. The van der Waals surface area contributed by atoms with Crippen LogP contribution in [0.2, 0.25) is 0 Å². The van der Waals surface area contributed by atoms with Gasteiger partial charge in [0.25, 0.3) is 5.78 Å². The van der Waals surface area contributed by atoms with E-state index in [1.807, 2.05) is 19.9 Å². The van der Waals surface area contributed by atoms with Crippen LogP contribution in [0.1, 0.15) is 24.2 Å². The fourth-order valence-corrected chi connectivity index (χ4v) is 2.62. The number of hydrogen-bond acceptors (Lipinski definition) is 5. The van der Waals surface area contributed by atoms with Crippen molar-refractivity contribution < 1.29 is 4.79 Å². The topological polar surface area (TPSA) is 72.2 Å². The van der Waals surface area contributed by atoms with E-state index < -0.39 is 0 Å². The molecule has 6 nitrogen and oxygen atoms in total. The molecule has 0 bridgehead atoms. The maximum atomic E-state index is 11.7. The molecule has 0 aromatic carbocycles. The minimum Gasteiger partial charge on any atom is -0.355 e. The number of rotatable bonds is 5. The van der Waals surface area contributed by atoms with Gasteiger partial charge in [-0.15, -0.1) is 5.10 Å². The number of fused-ring (bicyclic) bond motifs is 1. The first-order chi connectivity index (χ1) is 9.61. The number of nitrogens with zero attached hydrogens (tertiary/aromatic N) is 4. The molecule has 3 rings (SSSR count). The molecular weight excluding hydrogens is 274 g/mol. The van der Waals surface area contributed by atoms with E-state index in [2.05, 4.69) is 20.4 Å². The minimum absolute atomic E-state index is 0.0432. The molecule has 1 aliphatic rings. The van der Waals surface area contributed by atoms with E-state index in [0.29, 0.717) is 22.6 Å². The molecule has 1 amide bonds. The van der Waals surface area contributed by atoms with E-state index in [1.165, 1.54) is 24.6 Å². The zero-order chi connectivity index (χ0) is 14.1. The summed E-state index contributed by atoms with van der Waals surface area (Å²) in [5.74, 6) is 1.68. The van der Waals surface area contributed by atoms with Crippen molar-refractivity contribution >= 4 is 23.4 Å². The van der Waals surface area contributed by atoms with E-state index in [-0.39, 0.29) is 5.91 Å². The van der Waals surface area contributed by atoms with Crippen molar-refractivity contribution in [1.29, 1.82) is 0 Å². The Labute approximate surface area is 121 Å². The van der Waals surface area contributed by atoms with Gasteiger partial charge in [-0.1, -0.05) is 11.8 Å². The third-order valence-corrected chi connectivity index (χ3v) is 4.05. The first kappa shape index (κ1) is 13.4. The molecule has 7 heteroatoms. The summed E-state index contributed by atoms with van der Waals surface area (Å²) in [5.41, 5.74) is 1.91. The summed E-state index contributed by atoms with van der Waals surface area (Å²) in [6, 6.07) is 1.96. The number of nitrogens with one attached hydrogen (secondary N) is 1. The highest BCUT2D eigenvalue weighted by Crippen LogP contribution is 2.27. The second kappa shape index (κ2) is 5.40. The summed E-state index contributed by atoms with van der Waals surface area (Å²) >= 11 is 1.35. The molecule has 1 fully saturated rings. The van der Waals surface area contributed by atoms with Gasteiger partial charge in [0, 0.05) is 17.9 Å². The van der Waals surface area contributed by atoms with Crippen LogP contribution >= 0.6 is 11.8 Å². The molecule has 1 N–H and O–H groups in total. The highest BCUT2D eigenvalue weighted by molar-refractivity contribution is 7.99. The molecule has 20 heavy (non-hydrogen) atoms. The van der Waals surface area contributed by atoms with E-state index in [0.717, 1.165) is 17.9 Å².